The van der Waals surface area contributed by atoms with Crippen molar-refractivity contribution >= 4 is 35.0 Å². The molecule has 4 rings (SSSR count). The van der Waals surface area contributed by atoms with Crippen molar-refractivity contribution in [2.45, 2.75) is 38.3 Å². The van der Waals surface area contributed by atoms with Crippen LogP contribution in [0.5, 0.6) is 0 Å². The number of aryl methyl sites for hydroxylation is 1. The lowest BCUT2D eigenvalue weighted by Crippen LogP contribution is -2.46. The average Bonchev–Trinajstić information content (AvgIpc) is 3.43. The molecule has 0 radical (unpaired) electrons. The highest BCUT2D eigenvalue weighted by molar-refractivity contribution is 6.31. The smallest absolute Gasteiger partial charge is 0.257 e. The Bertz CT molecular complexity index is 921. The summed E-state index contributed by atoms with van der Waals surface area (Å²) in [5, 5.41) is 0.531. The number of hydrogen-bond donors (Lipinski definition) is 0. The minimum Gasteiger partial charge on any atom is -0.323 e. The molecule has 2 aliphatic rings. The molecule has 27 heavy (non-hydrogen) atoms. The summed E-state index contributed by atoms with van der Waals surface area (Å²) in [5.41, 5.74) is 2.01. The van der Waals surface area contributed by atoms with Crippen LogP contribution in [0.4, 0.5) is 5.69 Å². The molecule has 1 aliphatic heterocycles. The molecule has 5 nitrogen and oxygen atoms in total. The lowest BCUT2D eigenvalue weighted by Gasteiger charge is -2.28. The van der Waals surface area contributed by atoms with Crippen LogP contribution in [0.1, 0.15) is 35.2 Å². The van der Waals surface area contributed by atoms with Crippen molar-refractivity contribution in [2.75, 3.05) is 4.90 Å². The van der Waals surface area contributed by atoms with Gasteiger partial charge >= 0.3 is 0 Å². The third kappa shape index (κ3) is 3.35. The maximum atomic E-state index is 13.1. The summed E-state index contributed by atoms with van der Waals surface area (Å²) >= 11 is 5.90. The monoisotopic (exact) mass is 382 g/mol. The summed E-state index contributed by atoms with van der Waals surface area (Å²) in [7, 11) is 0. The molecule has 3 amide bonds. The van der Waals surface area contributed by atoms with Gasteiger partial charge in [0.15, 0.2) is 0 Å². The second-order valence-electron chi connectivity index (χ2n) is 7.08. The summed E-state index contributed by atoms with van der Waals surface area (Å²) in [6, 6.07) is 13.1. The van der Waals surface area contributed by atoms with Gasteiger partial charge in [0, 0.05) is 16.6 Å². The van der Waals surface area contributed by atoms with E-state index in [0.29, 0.717) is 16.3 Å². The van der Waals surface area contributed by atoms with Gasteiger partial charge in [-0.3, -0.25) is 14.4 Å². The second-order valence-corrected chi connectivity index (χ2v) is 7.51. The Kier molecular flexibility index (Phi) is 4.48. The van der Waals surface area contributed by atoms with Crippen molar-refractivity contribution in [2.24, 2.45) is 0 Å². The fourth-order valence-electron chi connectivity index (χ4n) is 3.54. The fraction of sp³-hybridized carbons (Fsp3) is 0.286. The molecule has 1 heterocycles. The molecule has 2 aromatic rings. The molecule has 6 heteroatoms. The van der Waals surface area contributed by atoms with Gasteiger partial charge in [0.2, 0.25) is 5.91 Å². The number of amides is 3. The third-order valence-corrected chi connectivity index (χ3v) is 5.24. The maximum Gasteiger partial charge on any atom is 0.257 e. The summed E-state index contributed by atoms with van der Waals surface area (Å²) in [6.45, 7) is 1.92. The Morgan fingerprint density at radius 2 is 1.81 bits per heavy atom. The molecule has 2 fully saturated rings. The molecule has 1 saturated heterocycles. The van der Waals surface area contributed by atoms with Gasteiger partial charge in [-0.1, -0.05) is 29.3 Å². The zero-order chi connectivity index (χ0) is 19.1. The van der Waals surface area contributed by atoms with E-state index in [2.05, 4.69) is 0 Å². The van der Waals surface area contributed by atoms with E-state index in [9.17, 15) is 14.4 Å². The Labute approximate surface area is 162 Å². The van der Waals surface area contributed by atoms with Crippen molar-refractivity contribution in [3.8, 4) is 0 Å². The standard InChI is InChI=1S/C21H19ClN2O3/c1-13-3-2-4-14(11-13)20(26)23(16-9-10-16)18-12-19(25)24(21(18)27)17-7-5-15(22)6-8-17/h2-8,11,16,18H,9-10,12H2,1H3. The molecule has 0 N–H and O–H groups in total. The molecule has 2 aromatic carbocycles. The number of anilines is 1. The number of nitrogens with zero attached hydrogens (tertiary/aromatic N) is 2. The van der Waals surface area contributed by atoms with Crippen LogP contribution < -0.4 is 4.90 Å². The Hall–Kier alpha value is -2.66. The van der Waals surface area contributed by atoms with E-state index in [1.165, 1.54) is 4.90 Å². The van der Waals surface area contributed by atoms with Gasteiger partial charge in [-0.05, 0) is 56.2 Å². The maximum absolute atomic E-state index is 13.1. The lowest BCUT2D eigenvalue weighted by atomic mass is 10.1. The first-order valence-corrected chi connectivity index (χ1v) is 9.35. The normalized spacial score (nSPS) is 19.5. The zero-order valence-corrected chi connectivity index (χ0v) is 15.6. The second kappa shape index (κ2) is 6.82. The van der Waals surface area contributed by atoms with E-state index in [4.69, 9.17) is 11.6 Å². The SMILES string of the molecule is Cc1cccc(C(=O)N(C2CC2)C2CC(=O)N(c3ccc(Cl)cc3)C2=O)c1. The third-order valence-electron chi connectivity index (χ3n) is 4.98. The number of carbonyl (C=O) groups is 3. The molecular weight excluding hydrogens is 364 g/mol. The van der Waals surface area contributed by atoms with E-state index < -0.39 is 6.04 Å². The van der Waals surface area contributed by atoms with E-state index >= 15 is 0 Å². The van der Waals surface area contributed by atoms with Crippen LogP contribution in [-0.2, 0) is 9.59 Å². The topological polar surface area (TPSA) is 57.7 Å². The zero-order valence-electron chi connectivity index (χ0n) is 14.9. The molecule has 1 aliphatic carbocycles. The van der Waals surface area contributed by atoms with Crippen molar-refractivity contribution in [3.63, 3.8) is 0 Å². The van der Waals surface area contributed by atoms with E-state index in [1.54, 1.807) is 35.2 Å². The Morgan fingerprint density at radius 1 is 1.11 bits per heavy atom. The molecule has 1 saturated carbocycles. The van der Waals surface area contributed by atoms with E-state index in [-0.39, 0.29) is 30.2 Å². The van der Waals surface area contributed by atoms with Gasteiger partial charge in [0.05, 0.1) is 12.1 Å². The number of rotatable bonds is 4. The minimum absolute atomic E-state index is 0.00944. The predicted molar refractivity (Wildman–Crippen MR) is 103 cm³/mol. The van der Waals surface area contributed by atoms with Gasteiger partial charge in [-0.2, -0.15) is 0 Å². The highest BCUT2D eigenvalue weighted by Crippen LogP contribution is 2.35. The van der Waals surface area contributed by atoms with Crippen LogP contribution in [-0.4, -0.2) is 34.7 Å². The van der Waals surface area contributed by atoms with Crippen molar-refractivity contribution in [1.82, 2.24) is 4.90 Å². The van der Waals surface area contributed by atoms with Crippen LogP contribution in [0.3, 0.4) is 0 Å². The first-order chi connectivity index (χ1) is 13.0. The van der Waals surface area contributed by atoms with E-state index in [0.717, 1.165) is 18.4 Å². The minimum atomic E-state index is -0.756. The van der Waals surface area contributed by atoms with Gasteiger partial charge < -0.3 is 4.90 Å². The van der Waals surface area contributed by atoms with Crippen molar-refractivity contribution in [1.29, 1.82) is 0 Å². The summed E-state index contributed by atoms with van der Waals surface area (Å²) in [6.07, 6.45) is 1.72. The Balaban J connectivity index is 1.64. The van der Waals surface area contributed by atoms with E-state index in [1.807, 2.05) is 25.1 Å². The van der Waals surface area contributed by atoms with Crippen LogP contribution in [0.2, 0.25) is 5.02 Å². The first kappa shape index (κ1) is 17.7. The lowest BCUT2D eigenvalue weighted by molar-refractivity contribution is -0.122. The first-order valence-electron chi connectivity index (χ1n) is 8.97. The molecule has 1 unspecified atom stereocenters. The summed E-state index contributed by atoms with van der Waals surface area (Å²) < 4.78 is 0. The van der Waals surface area contributed by atoms with Crippen LogP contribution in [0, 0.1) is 6.92 Å². The van der Waals surface area contributed by atoms with Crippen LogP contribution >= 0.6 is 11.6 Å². The number of imide groups is 1. The van der Waals surface area contributed by atoms with Crippen LogP contribution in [0.25, 0.3) is 0 Å². The Morgan fingerprint density at radius 3 is 2.44 bits per heavy atom. The number of carbonyl (C=O) groups excluding carboxylic acids is 3. The highest BCUT2D eigenvalue weighted by Gasteiger charge is 2.48. The quantitative estimate of drug-likeness (QED) is 0.759. The summed E-state index contributed by atoms with van der Waals surface area (Å²) in [5.74, 6) is -0.837. The largest absolute Gasteiger partial charge is 0.323 e. The average molecular weight is 383 g/mol. The van der Waals surface area contributed by atoms with Crippen molar-refractivity contribution in [3.05, 3.63) is 64.7 Å². The number of benzene rings is 2. The van der Waals surface area contributed by atoms with Crippen LogP contribution in [0.15, 0.2) is 48.5 Å². The fourth-order valence-corrected chi connectivity index (χ4v) is 3.66. The predicted octanol–water partition coefficient (Wildman–Crippen LogP) is 3.59. The molecule has 0 spiro atoms. The van der Waals surface area contributed by atoms with Gasteiger partial charge in [-0.25, -0.2) is 4.90 Å². The molecule has 138 valence electrons. The number of halogens is 1. The number of hydrogen-bond acceptors (Lipinski definition) is 3. The van der Waals surface area contributed by atoms with Gasteiger partial charge in [0.25, 0.3) is 11.8 Å². The van der Waals surface area contributed by atoms with Crippen molar-refractivity contribution < 1.29 is 14.4 Å². The molecule has 0 bridgehead atoms. The van der Waals surface area contributed by atoms with Gasteiger partial charge in [0.1, 0.15) is 6.04 Å². The molecule has 0 aromatic heterocycles. The molecule has 1 atom stereocenters. The highest BCUT2D eigenvalue weighted by atomic mass is 35.5. The molecular formula is C21H19ClN2O3. The summed E-state index contributed by atoms with van der Waals surface area (Å²) in [4.78, 5) is 41.5. The van der Waals surface area contributed by atoms with Gasteiger partial charge in [-0.15, -0.1) is 0 Å².